The van der Waals surface area contributed by atoms with Crippen LogP contribution in [0.1, 0.15) is 26.2 Å². The quantitative estimate of drug-likeness (QED) is 0.659. The van der Waals surface area contributed by atoms with Crippen molar-refractivity contribution in [1.29, 1.82) is 0 Å². The summed E-state index contributed by atoms with van der Waals surface area (Å²) in [7, 11) is 0. The van der Waals surface area contributed by atoms with Gasteiger partial charge in [0.05, 0.1) is 6.04 Å². The van der Waals surface area contributed by atoms with Gasteiger partial charge in [0.25, 0.3) is 0 Å². The summed E-state index contributed by atoms with van der Waals surface area (Å²) in [6, 6.07) is -0.461. The van der Waals surface area contributed by atoms with Crippen molar-refractivity contribution in [2.24, 2.45) is 17.4 Å². The second-order valence-corrected chi connectivity index (χ2v) is 4.25. The first-order chi connectivity index (χ1) is 7.00. The summed E-state index contributed by atoms with van der Waals surface area (Å²) in [4.78, 5) is 24.1. The Hall–Kier alpha value is -1.10. The smallest absolute Gasteiger partial charge is 0.239 e. The minimum atomic E-state index is -0.461. The molecule has 0 aromatic rings. The molecular formula is C10H19N3O2. The van der Waals surface area contributed by atoms with E-state index in [1.807, 2.05) is 0 Å². The van der Waals surface area contributed by atoms with Gasteiger partial charge in [0.2, 0.25) is 11.8 Å². The molecule has 1 aliphatic heterocycles. The predicted octanol–water partition coefficient (Wildman–Crippen LogP) is -0.552. The zero-order valence-electron chi connectivity index (χ0n) is 9.11. The number of carbonyl (C=O) groups excluding carboxylic acids is 2. The molecule has 0 aliphatic carbocycles. The van der Waals surface area contributed by atoms with Crippen molar-refractivity contribution < 1.29 is 9.59 Å². The first kappa shape index (κ1) is 12.0. The molecule has 5 heteroatoms. The van der Waals surface area contributed by atoms with E-state index >= 15 is 0 Å². The van der Waals surface area contributed by atoms with E-state index in [0.29, 0.717) is 13.0 Å². The molecule has 0 radical (unpaired) electrons. The minimum Gasteiger partial charge on any atom is -0.370 e. The van der Waals surface area contributed by atoms with Gasteiger partial charge in [-0.25, -0.2) is 0 Å². The van der Waals surface area contributed by atoms with E-state index in [9.17, 15) is 9.59 Å². The molecule has 2 atom stereocenters. The fourth-order valence-electron chi connectivity index (χ4n) is 2.00. The third kappa shape index (κ3) is 3.51. The van der Waals surface area contributed by atoms with Gasteiger partial charge < -0.3 is 16.4 Å². The van der Waals surface area contributed by atoms with E-state index in [1.54, 1.807) is 11.8 Å². The number of piperidine rings is 1. The van der Waals surface area contributed by atoms with Gasteiger partial charge in [-0.2, -0.15) is 0 Å². The molecule has 2 unspecified atom stereocenters. The largest absolute Gasteiger partial charge is 0.370 e. The number of primary amides is 1. The molecule has 2 amide bonds. The molecule has 0 bridgehead atoms. The molecule has 1 fully saturated rings. The van der Waals surface area contributed by atoms with E-state index in [2.05, 4.69) is 0 Å². The molecule has 86 valence electrons. The Morgan fingerprint density at radius 2 is 2.20 bits per heavy atom. The number of hydrogen-bond donors (Lipinski definition) is 2. The molecule has 0 aromatic heterocycles. The lowest BCUT2D eigenvalue weighted by molar-refractivity contribution is -0.134. The van der Waals surface area contributed by atoms with Crippen molar-refractivity contribution in [2.45, 2.75) is 32.2 Å². The monoisotopic (exact) mass is 213 g/mol. The summed E-state index contributed by atoms with van der Waals surface area (Å²) in [5, 5.41) is 0. The van der Waals surface area contributed by atoms with Crippen molar-refractivity contribution in [3.05, 3.63) is 0 Å². The molecule has 1 aliphatic rings. The van der Waals surface area contributed by atoms with Crippen LogP contribution in [0.25, 0.3) is 0 Å². The second-order valence-electron chi connectivity index (χ2n) is 4.25. The Balaban J connectivity index is 2.48. The maximum absolute atomic E-state index is 11.6. The van der Waals surface area contributed by atoms with Crippen molar-refractivity contribution in [3.63, 3.8) is 0 Å². The van der Waals surface area contributed by atoms with Crippen LogP contribution in [0.15, 0.2) is 0 Å². The van der Waals surface area contributed by atoms with Gasteiger partial charge in [-0.3, -0.25) is 9.59 Å². The Bertz CT molecular complexity index is 253. The fraction of sp³-hybridized carbons (Fsp3) is 0.800. The molecule has 1 rings (SSSR count). The van der Waals surface area contributed by atoms with Crippen LogP contribution < -0.4 is 11.5 Å². The molecule has 0 aromatic carbocycles. The molecule has 15 heavy (non-hydrogen) atoms. The number of amides is 2. The van der Waals surface area contributed by atoms with Gasteiger partial charge in [-0.15, -0.1) is 0 Å². The second kappa shape index (κ2) is 5.11. The van der Waals surface area contributed by atoms with Crippen molar-refractivity contribution in [1.82, 2.24) is 4.90 Å². The summed E-state index contributed by atoms with van der Waals surface area (Å²) in [5.41, 5.74) is 10.7. The zero-order chi connectivity index (χ0) is 11.4. The third-order valence-corrected chi connectivity index (χ3v) is 2.71. The van der Waals surface area contributed by atoms with E-state index in [4.69, 9.17) is 11.5 Å². The van der Waals surface area contributed by atoms with Crippen LogP contribution in [-0.4, -0.2) is 35.8 Å². The van der Waals surface area contributed by atoms with E-state index in [0.717, 1.165) is 19.4 Å². The normalized spacial score (nSPS) is 23.6. The van der Waals surface area contributed by atoms with Crippen molar-refractivity contribution in [3.8, 4) is 0 Å². The minimum absolute atomic E-state index is 0.0378. The molecule has 0 saturated carbocycles. The van der Waals surface area contributed by atoms with Gasteiger partial charge in [0, 0.05) is 19.5 Å². The molecule has 0 spiro atoms. The van der Waals surface area contributed by atoms with Gasteiger partial charge >= 0.3 is 0 Å². The molecule has 1 heterocycles. The highest BCUT2D eigenvalue weighted by Gasteiger charge is 2.25. The Kier molecular flexibility index (Phi) is 4.08. The van der Waals surface area contributed by atoms with Crippen molar-refractivity contribution >= 4 is 11.8 Å². The van der Waals surface area contributed by atoms with Crippen LogP contribution in [-0.2, 0) is 9.59 Å². The number of carbonyl (C=O) groups is 2. The van der Waals surface area contributed by atoms with Crippen LogP contribution in [0.4, 0.5) is 0 Å². The highest BCUT2D eigenvalue weighted by atomic mass is 16.2. The maximum atomic E-state index is 11.6. The fourth-order valence-corrected chi connectivity index (χ4v) is 2.00. The highest BCUT2D eigenvalue weighted by molar-refractivity contribution is 5.81. The summed E-state index contributed by atoms with van der Waals surface area (Å²) < 4.78 is 0. The van der Waals surface area contributed by atoms with E-state index in [-0.39, 0.29) is 17.7 Å². The number of likely N-dealkylation sites (tertiary alicyclic amines) is 1. The summed E-state index contributed by atoms with van der Waals surface area (Å²) in [6.07, 6.45) is 2.25. The van der Waals surface area contributed by atoms with Gasteiger partial charge in [0.15, 0.2) is 0 Å². The average molecular weight is 213 g/mol. The Labute approximate surface area is 89.8 Å². The maximum Gasteiger partial charge on any atom is 0.239 e. The Morgan fingerprint density at radius 3 is 2.73 bits per heavy atom. The molecule has 4 N–H and O–H groups in total. The lowest BCUT2D eigenvalue weighted by Gasteiger charge is -2.33. The number of nitrogens with two attached hydrogens (primary N) is 2. The summed E-state index contributed by atoms with van der Waals surface area (Å²) in [5.74, 6) is -0.127. The van der Waals surface area contributed by atoms with Crippen LogP contribution in [0, 0.1) is 5.92 Å². The zero-order valence-corrected chi connectivity index (χ0v) is 9.11. The number of nitrogens with zero attached hydrogens (tertiary/aromatic N) is 1. The Morgan fingerprint density at radius 1 is 1.53 bits per heavy atom. The van der Waals surface area contributed by atoms with Crippen LogP contribution >= 0.6 is 0 Å². The summed E-state index contributed by atoms with van der Waals surface area (Å²) >= 11 is 0. The van der Waals surface area contributed by atoms with E-state index < -0.39 is 6.04 Å². The summed E-state index contributed by atoms with van der Waals surface area (Å²) in [6.45, 7) is 3.04. The SMILES string of the molecule is CC(N)C(=O)N1CCCC(CC(N)=O)C1. The average Bonchev–Trinajstić information content (AvgIpc) is 2.16. The molecular weight excluding hydrogens is 194 g/mol. The van der Waals surface area contributed by atoms with Gasteiger partial charge in [-0.1, -0.05) is 0 Å². The lowest BCUT2D eigenvalue weighted by atomic mass is 9.94. The van der Waals surface area contributed by atoms with Gasteiger partial charge in [0.1, 0.15) is 0 Å². The predicted molar refractivity (Wildman–Crippen MR) is 56.8 cm³/mol. The highest BCUT2D eigenvalue weighted by Crippen LogP contribution is 2.19. The van der Waals surface area contributed by atoms with Crippen LogP contribution in [0.2, 0.25) is 0 Å². The number of rotatable bonds is 3. The van der Waals surface area contributed by atoms with E-state index in [1.165, 1.54) is 0 Å². The first-order valence-electron chi connectivity index (χ1n) is 5.33. The number of hydrogen-bond acceptors (Lipinski definition) is 3. The first-order valence-corrected chi connectivity index (χ1v) is 5.33. The van der Waals surface area contributed by atoms with Gasteiger partial charge in [-0.05, 0) is 25.7 Å². The topological polar surface area (TPSA) is 89.4 Å². The molecule has 5 nitrogen and oxygen atoms in total. The lowest BCUT2D eigenvalue weighted by Crippen LogP contribution is -2.47. The van der Waals surface area contributed by atoms with Crippen LogP contribution in [0.3, 0.4) is 0 Å². The van der Waals surface area contributed by atoms with Crippen molar-refractivity contribution in [2.75, 3.05) is 13.1 Å². The molecule has 1 saturated heterocycles. The van der Waals surface area contributed by atoms with Crippen LogP contribution in [0.5, 0.6) is 0 Å². The standard InChI is InChI=1S/C10H19N3O2/c1-7(11)10(15)13-4-2-3-8(6-13)5-9(12)14/h7-8H,2-6,11H2,1H3,(H2,12,14). The third-order valence-electron chi connectivity index (χ3n) is 2.71.